The fraction of sp³-hybridized carbons (Fsp3) is 0.188. The molecule has 6 heteroatoms. The highest BCUT2D eigenvalue weighted by molar-refractivity contribution is 7.09. The van der Waals surface area contributed by atoms with E-state index in [1.807, 2.05) is 46.7 Å². The molecule has 3 aromatic heterocycles. The highest BCUT2D eigenvalue weighted by Gasteiger charge is 2.21. The third kappa shape index (κ3) is 3.73. The van der Waals surface area contributed by atoms with E-state index in [0.717, 1.165) is 11.4 Å². The number of aliphatic hydroxyl groups excluding tert-OH is 1. The van der Waals surface area contributed by atoms with Gasteiger partial charge in [0.25, 0.3) is 0 Å². The van der Waals surface area contributed by atoms with Crippen LogP contribution < -0.4 is 0 Å². The van der Waals surface area contributed by atoms with Gasteiger partial charge in [-0.1, -0.05) is 12.1 Å². The van der Waals surface area contributed by atoms with Gasteiger partial charge in [0.15, 0.2) is 6.23 Å². The number of aliphatic hydroxyl groups is 1. The summed E-state index contributed by atoms with van der Waals surface area (Å²) in [5, 5.41) is 13.1. The number of nitrogens with zero attached hydrogens (tertiary/aromatic N) is 4. The van der Waals surface area contributed by atoms with Gasteiger partial charge in [-0.3, -0.25) is 14.9 Å². The van der Waals surface area contributed by atoms with Crippen molar-refractivity contribution in [2.75, 3.05) is 0 Å². The smallest absolute Gasteiger partial charge is 0.160 e. The van der Waals surface area contributed by atoms with Gasteiger partial charge < -0.3 is 5.11 Å². The molecule has 0 saturated heterocycles. The zero-order chi connectivity index (χ0) is 15.2. The molecule has 0 aliphatic carbocycles. The summed E-state index contributed by atoms with van der Waals surface area (Å²) in [6, 6.07) is 11.5. The Balaban J connectivity index is 1.81. The van der Waals surface area contributed by atoms with E-state index in [1.165, 1.54) is 11.3 Å². The molecule has 3 aromatic rings. The fourth-order valence-electron chi connectivity index (χ4n) is 2.15. The van der Waals surface area contributed by atoms with E-state index in [1.54, 1.807) is 18.6 Å². The standard InChI is InChI=1S/C16H16N4OS/c21-16(15-19-9-10-22-15)20(11-13-5-1-3-7-17-13)12-14-6-2-4-8-18-14/h1-10,16,21H,11-12H2. The van der Waals surface area contributed by atoms with Crippen molar-refractivity contribution in [3.05, 3.63) is 76.8 Å². The molecule has 3 heterocycles. The van der Waals surface area contributed by atoms with Crippen molar-refractivity contribution in [3.8, 4) is 0 Å². The van der Waals surface area contributed by atoms with E-state index in [2.05, 4.69) is 15.0 Å². The molecule has 22 heavy (non-hydrogen) atoms. The van der Waals surface area contributed by atoms with Crippen molar-refractivity contribution < 1.29 is 5.11 Å². The largest absolute Gasteiger partial charge is 0.372 e. The van der Waals surface area contributed by atoms with Crippen LogP contribution in [-0.4, -0.2) is 25.0 Å². The molecule has 1 N–H and O–H groups in total. The van der Waals surface area contributed by atoms with Crippen LogP contribution in [0.1, 0.15) is 22.6 Å². The molecule has 112 valence electrons. The van der Waals surface area contributed by atoms with Crippen molar-refractivity contribution in [2.45, 2.75) is 19.3 Å². The molecule has 5 nitrogen and oxygen atoms in total. The SMILES string of the molecule is OC(c1nccs1)N(Cc1ccccn1)Cc1ccccn1. The fourth-order valence-corrected chi connectivity index (χ4v) is 2.80. The molecule has 0 amide bonds. The number of rotatable bonds is 6. The third-order valence-corrected chi connectivity index (χ3v) is 4.02. The van der Waals surface area contributed by atoms with Gasteiger partial charge in [0.2, 0.25) is 0 Å². The molecule has 0 aliphatic heterocycles. The van der Waals surface area contributed by atoms with E-state index in [-0.39, 0.29) is 0 Å². The summed E-state index contributed by atoms with van der Waals surface area (Å²) < 4.78 is 0. The molecule has 0 radical (unpaired) electrons. The van der Waals surface area contributed by atoms with E-state index in [0.29, 0.717) is 18.1 Å². The number of hydrogen-bond acceptors (Lipinski definition) is 6. The number of thiazole rings is 1. The van der Waals surface area contributed by atoms with Gasteiger partial charge in [-0.25, -0.2) is 4.98 Å². The molecule has 0 saturated carbocycles. The molecule has 1 unspecified atom stereocenters. The zero-order valence-electron chi connectivity index (χ0n) is 11.9. The predicted octanol–water partition coefficient (Wildman–Crippen LogP) is 2.63. The summed E-state index contributed by atoms with van der Waals surface area (Å²) in [5.41, 5.74) is 1.79. The van der Waals surface area contributed by atoms with Gasteiger partial charge in [-0.15, -0.1) is 11.3 Å². The quantitative estimate of drug-likeness (QED) is 0.709. The maximum absolute atomic E-state index is 10.6. The number of pyridine rings is 2. The summed E-state index contributed by atoms with van der Waals surface area (Å²) in [4.78, 5) is 14.8. The van der Waals surface area contributed by atoms with Gasteiger partial charge in [-0.05, 0) is 24.3 Å². The first-order chi connectivity index (χ1) is 10.8. The molecular weight excluding hydrogens is 296 g/mol. The highest BCUT2D eigenvalue weighted by atomic mass is 32.1. The van der Waals surface area contributed by atoms with Crippen LogP contribution in [-0.2, 0) is 13.1 Å². The molecule has 0 bridgehead atoms. The molecule has 0 aliphatic rings. The van der Waals surface area contributed by atoms with Crippen LogP contribution in [0.25, 0.3) is 0 Å². The van der Waals surface area contributed by atoms with Crippen molar-refractivity contribution in [1.29, 1.82) is 0 Å². The molecule has 1 atom stereocenters. The van der Waals surface area contributed by atoms with Crippen LogP contribution in [0.4, 0.5) is 0 Å². The van der Waals surface area contributed by atoms with Crippen molar-refractivity contribution >= 4 is 11.3 Å². The number of aromatic nitrogens is 3. The Labute approximate surface area is 132 Å². The average Bonchev–Trinajstić information content (AvgIpc) is 3.10. The van der Waals surface area contributed by atoms with Crippen molar-refractivity contribution in [2.24, 2.45) is 0 Å². The van der Waals surface area contributed by atoms with E-state index in [4.69, 9.17) is 0 Å². The second-order valence-electron chi connectivity index (χ2n) is 4.79. The van der Waals surface area contributed by atoms with E-state index < -0.39 is 6.23 Å². The molecular formula is C16H16N4OS. The normalized spacial score (nSPS) is 12.5. The topological polar surface area (TPSA) is 62.1 Å². The lowest BCUT2D eigenvalue weighted by Crippen LogP contribution is -2.28. The summed E-state index contributed by atoms with van der Waals surface area (Å²) in [6.45, 7) is 1.05. The Morgan fingerprint density at radius 3 is 2.00 bits per heavy atom. The maximum Gasteiger partial charge on any atom is 0.160 e. The predicted molar refractivity (Wildman–Crippen MR) is 84.8 cm³/mol. The lowest BCUT2D eigenvalue weighted by Gasteiger charge is -2.25. The second-order valence-corrected chi connectivity index (χ2v) is 5.72. The zero-order valence-corrected chi connectivity index (χ0v) is 12.7. The van der Waals surface area contributed by atoms with Gasteiger partial charge in [0, 0.05) is 37.1 Å². The van der Waals surface area contributed by atoms with Gasteiger partial charge in [0.1, 0.15) is 5.01 Å². The van der Waals surface area contributed by atoms with Crippen LogP contribution in [0, 0.1) is 0 Å². The van der Waals surface area contributed by atoms with Gasteiger partial charge in [0.05, 0.1) is 11.4 Å². The average molecular weight is 312 g/mol. The van der Waals surface area contributed by atoms with E-state index in [9.17, 15) is 5.11 Å². The summed E-state index contributed by atoms with van der Waals surface area (Å²) in [6.07, 6.45) is 4.43. The monoisotopic (exact) mass is 312 g/mol. The minimum atomic E-state index is -0.774. The summed E-state index contributed by atoms with van der Waals surface area (Å²) >= 11 is 1.44. The minimum Gasteiger partial charge on any atom is -0.372 e. The molecule has 0 fully saturated rings. The van der Waals surface area contributed by atoms with Crippen LogP contribution in [0.3, 0.4) is 0 Å². The Kier molecular flexibility index (Phi) is 4.85. The molecule has 0 spiro atoms. The van der Waals surface area contributed by atoms with Gasteiger partial charge >= 0.3 is 0 Å². The van der Waals surface area contributed by atoms with Crippen molar-refractivity contribution in [3.63, 3.8) is 0 Å². The first-order valence-corrected chi connectivity index (χ1v) is 7.82. The Morgan fingerprint density at radius 1 is 0.909 bits per heavy atom. The Morgan fingerprint density at radius 2 is 1.55 bits per heavy atom. The minimum absolute atomic E-state index is 0.526. The Bertz CT molecular complexity index is 634. The first-order valence-electron chi connectivity index (χ1n) is 6.94. The van der Waals surface area contributed by atoms with Gasteiger partial charge in [-0.2, -0.15) is 0 Å². The Hall–Kier alpha value is -2.15. The lowest BCUT2D eigenvalue weighted by molar-refractivity contribution is -0.0123. The van der Waals surface area contributed by atoms with Crippen LogP contribution in [0.5, 0.6) is 0 Å². The van der Waals surface area contributed by atoms with Crippen LogP contribution in [0.15, 0.2) is 60.4 Å². The maximum atomic E-state index is 10.6. The molecule has 3 rings (SSSR count). The summed E-state index contributed by atoms with van der Waals surface area (Å²) in [5.74, 6) is 0. The van der Waals surface area contributed by atoms with E-state index >= 15 is 0 Å². The lowest BCUT2D eigenvalue weighted by atomic mass is 10.2. The third-order valence-electron chi connectivity index (χ3n) is 3.20. The first kappa shape index (κ1) is 14.8. The van der Waals surface area contributed by atoms with Crippen LogP contribution in [0.2, 0.25) is 0 Å². The molecule has 0 aromatic carbocycles. The highest BCUT2D eigenvalue weighted by Crippen LogP contribution is 2.23. The second kappa shape index (κ2) is 7.22. The summed E-state index contributed by atoms with van der Waals surface area (Å²) in [7, 11) is 0. The van der Waals surface area contributed by atoms with Crippen molar-refractivity contribution in [1.82, 2.24) is 19.9 Å². The van der Waals surface area contributed by atoms with Crippen LogP contribution >= 0.6 is 11.3 Å². The number of hydrogen-bond donors (Lipinski definition) is 1.